The van der Waals surface area contributed by atoms with Crippen LogP contribution in [-0.2, 0) is 14.4 Å². The highest BCUT2D eigenvalue weighted by Crippen LogP contribution is 2.03. The van der Waals surface area contributed by atoms with Crippen LogP contribution in [-0.4, -0.2) is 26.1 Å². The lowest BCUT2D eigenvalue weighted by Crippen LogP contribution is -2.46. The molecule has 7 heteroatoms. The van der Waals surface area contributed by atoms with E-state index in [2.05, 4.69) is 8.82 Å². The van der Waals surface area contributed by atoms with Gasteiger partial charge in [0, 0.05) is 5.54 Å². The highest BCUT2D eigenvalue weighted by atomic mass is 32.2. The molecule has 0 atom stereocenters. The maximum absolute atomic E-state index is 11.5. The molecule has 0 spiro atoms. The molecule has 0 amide bonds. The van der Waals surface area contributed by atoms with Crippen molar-refractivity contribution in [3.8, 4) is 0 Å². The topological polar surface area (TPSA) is 75.6 Å². The third-order valence-corrected chi connectivity index (χ3v) is 3.03. The average molecular weight is 257 g/mol. The Morgan fingerprint density at radius 2 is 1.76 bits per heavy atom. The lowest BCUT2D eigenvalue weighted by molar-refractivity contribution is 0.391. The normalized spacial score (nSPS) is 12.5. The number of hydrogen-bond acceptors (Lipinski definition) is 4. The van der Waals surface area contributed by atoms with Gasteiger partial charge in [0.25, 0.3) is 0 Å². The van der Waals surface area contributed by atoms with Crippen molar-refractivity contribution < 1.29 is 17.5 Å². The fourth-order valence-corrected chi connectivity index (χ4v) is 2.34. The first-order valence-electron chi connectivity index (χ1n) is 5.15. The van der Waals surface area contributed by atoms with Crippen molar-refractivity contribution in [2.24, 2.45) is 0 Å². The molecule has 17 heavy (non-hydrogen) atoms. The largest absolute Gasteiger partial charge is 0.508 e. The Morgan fingerprint density at radius 3 is 2.24 bits per heavy atom. The predicted molar refractivity (Wildman–Crippen MR) is 66.9 cm³/mol. The van der Waals surface area contributed by atoms with E-state index < -0.39 is 23.0 Å². The lowest BCUT2D eigenvalue weighted by atomic mass is 9.80. The standard InChI is InChI=1S/C10H16BNO4S/c1-10(2,3)12-17(14,15)16-11(13)9-7-5-4-6-8-9/h4-8,12-13H,1-3H3. The molecular formula is C10H16BNO4S. The molecule has 1 aromatic rings. The lowest BCUT2D eigenvalue weighted by Gasteiger charge is -2.20. The SMILES string of the molecule is CC(C)(C)NS(=O)(=O)OB(O)c1ccccc1. The predicted octanol–water partition coefficient (Wildman–Crippen LogP) is 0.0236. The van der Waals surface area contributed by atoms with Crippen molar-refractivity contribution in [2.75, 3.05) is 0 Å². The zero-order chi connectivity index (χ0) is 13.1. The summed E-state index contributed by atoms with van der Waals surface area (Å²) in [4.78, 5) is 0. The van der Waals surface area contributed by atoms with E-state index in [0.717, 1.165) is 0 Å². The molecule has 0 radical (unpaired) electrons. The van der Waals surface area contributed by atoms with Crippen molar-refractivity contribution in [3.63, 3.8) is 0 Å². The van der Waals surface area contributed by atoms with E-state index in [1.54, 1.807) is 51.1 Å². The minimum Gasteiger partial charge on any atom is -0.422 e. The molecule has 5 nitrogen and oxygen atoms in total. The van der Waals surface area contributed by atoms with E-state index in [4.69, 9.17) is 0 Å². The molecule has 2 N–H and O–H groups in total. The zero-order valence-corrected chi connectivity index (χ0v) is 10.9. The zero-order valence-electron chi connectivity index (χ0n) is 10.0. The van der Waals surface area contributed by atoms with E-state index in [1.807, 2.05) is 0 Å². The Balaban J connectivity index is 2.72. The van der Waals surface area contributed by atoms with Gasteiger partial charge in [-0.2, -0.15) is 13.1 Å². The summed E-state index contributed by atoms with van der Waals surface area (Å²) in [5.74, 6) is 0. The van der Waals surface area contributed by atoms with Crippen LogP contribution in [0.1, 0.15) is 20.8 Å². The fraction of sp³-hybridized carbons (Fsp3) is 0.400. The van der Waals surface area contributed by atoms with Gasteiger partial charge >= 0.3 is 17.4 Å². The molecule has 0 saturated heterocycles. The second kappa shape index (κ2) is 5.18. The highest BCUT2D eigenvalue weighted by molar-refractivity contribution is 7.85. The summed E-state index contributed by atoms with van der Waals surface area (Å²) in [6, 6.07) is 8.30. The molecule has 1 rings (SSSR count). The minimum absolute atomic E-state index is 0.381. The van der Waals surface area contributed by atoms with Crippen LogP contribution in [0.2, 0.25) is 0 Å². The van der Waals surface area contributed by atoms with Gasteiger partial charge in [-0.1, -0.05) is 30.3 Å². The van der Waals surface area contributed by atoms with Crippen LogP contribution in [0, 0.1) is 0 Å². The molecule has 0 bridgehead atoms. The monoisotopic (exact) mass is 257 g/mol. The van der Waals surface area contributed by atoms with Crippen LogP contribution in [0.25, 0.3) is 0 Å². The first-order valence-corrected chi connectivity index (χ1v) is 6.56. The second-order valence-corrected chi connectivity index (χ2v) is 5.97. The third-order valence-electron chi connectivity index (χ3n) is 1.73. The quantitative estimate of drug-likeness (QED) is 0.746. The number of benzene rings is 1. The molecule has 0 heterocycles. The number of nitrogens with one attached hydrogen (secondary N) is 1. The summed E-state index contributed by atoms with van der Waals surface area (Å²) in [6.07, 6.45) is 0. The van der Waals surface area contributed by atoms with Crippen LogP contribution >= 0.6 is 0 Å². The van der Waals surface area contributed by atoms with E-state index in [9.17, 15) is 13.4 Å². The molecule has 1 aromatic carbocycles. The Hall–Kier alpha value is -0.885. The molecule has 0 aliphatic heterocycles. The Morgan fingerprint density at radius 1 is 1.24 bits per heavy atom. The summed E-state index contributed by atoms with van der Waals surface area (Å²) in [6.45, 7) is 5.05. The third kappa shape index (κ3) is 5.32. The summed E-state index contributed by atoms with van der Waals surface area (Å²) in [5, 5.41) is 9.61. The van der Waals surface area contributed by atoms with Crippen molar-refractivity contribution in [1.29, 1.82) is 0 Å². The molecule has 0 aromatic heterocycles. The summed E-state index contributed by atoms with van der Waals surface area (Å²) in [5.41, 5.74) is -0.276. The molecule has 0 unspecified atom stereocenters. The number of hydrogen-bond donors (Lipinski definition) is 2. The Labute approximate surface area is 102 Å². The van der Waals surface area contributed by atoms with Gasteiger partial charge in [-0.15, -0.1) is 0 Å². The van der Waals surface area contributed by atoms with Gasteiger partial charge in [0.2, 0.25) is 0 Å². The van der Waals surface area contributed by atoms with Crippen molar-refractivity contribution in [1.82, 2.24) is 4.72 Å². The molecule has 0 aliphatic rings. The van der Waals surface area contributed by atoms with Crippen molar-refractivity contribution >= 4 is 22.9 Å². The van der Waals surface area contributed by atoms with Crippen LogP contribution in [0.5, 0.6) is 0 Å². The van der Waals surface area contributed by atoms with E-state index in [-0.39, 0.29) is 0 Å². The van der Waals surface area contributed by atoms with E-state index >= 15 is 0 Å². The smallest absolute Gasteiger partial charge is 0.422 e. The molecule has 0 saturated carbocycles. The Kier molecular flexibility index (Phi) is 4.32. The summed E-state index contributed by atoms with van der Waals surface area (Å²) >= 11 is 0. The van der Waals surface area contributed by atoms with Crippen molar-refractivity contribution in [2.45, 2.75) is 26.3 Å². The first kappa shape index (κ1) is 14.2. The number of rotatable bonds is 4. The van der Waals surface area contributed by atoms with Crippen LogP contribution in [0.4, 0.5) is 0 Å². The van der Waals surface area contributed by atoms with Gasteiger partial charge in [0.05, 0.1) is 0 Å². The summed E-state index contributed by atoms with van der Waals surface area (Å²) in [7, 11) is -5.49. The maximum Gasteiger partial charge on any atom is 0.508 e. The fourth-order valence-electron chi connectivity index (χ4n) is 1.19. The van der Waals surface area contributed by atoms with Gasteiger partial charge in [-0.05, 0) is 26.2 Å². The second-order valence-electron chi connectivity index (χ2n) is 4.67. The molecule has 0 aliphatic carbocycles. The van der Waals surface area contributed by atoms with Gasteiger partial charge in [-0.3, -0.25) is 4.10 Å². The maximum atomic E-state index is 11.5. The summed E-state index contributed by atoms with van der Waals surface area (Å²) < 4.78 is 30.0. The molecular weight excluding hydrogens is 241 g/mol. The first-order chi connectivity index (χ1) is 7.70. The minimum atomic E-state index is -3.99. The van der Waals surface area contributed by atoms with E-state index in [1.165, 1.54) is 0 Å². The van der Waals surface area contributed by atoms with Gasteiger partial charge in [0.1, 0.15) is 0 Å². The van der Waals surface area contributed by atoms with Crippen LogP contribution in [0.3, 0.4) is 0 Å². The molecule has 0 fully saturated rings. The highest BCUT2D eigenvalue weighted by Gasteiger charge is 2.27. The van der Waals surface area contributed by atoms with Gasteiger partial charge in [0.15, 0.2) is 0 Å². The van der Waals surface area contributed by atoms with Crippen LogP contribution < -0.4 is 10.2 Å². The van der Waals surface area contributed by atoms with Crippen LogP contribution in [0.15, 0.2) is 30.3 Å². The van der Waals surface area contributed by atoms with E-state index in [0.29, 0.717) is 5.46 Å². The molecule has 94 valence electrons. The van der Waals surface area contributed by atoms with Gasteiger partial charge < -0.3 is 5.02 Å². The Bertz CT molecular complexity index is 455. The average Bonchev–Trinajstić information content (AvgIpc) is 2.14. The van der Waals surface area contributed by atoms with Gasteiger partial charge in [-0.25, -0.2) is 0 Å². The van der Waals surface area contributed by atoms with Crippen molar-refractivity contribution in [3.05, 3.63) is 30.3 Å².